The predicted molar refractivity (Wildman–Crippen MR) is 62.6 cm³/mol. The number of hydrogen-bond donors (Lipinski definition) is 1. The predicted octanol–water partition coefficient (Wildman–Crippen LogP) is 2.86. The molecule has 3 heteroatoms. The van der Waals surface area contributed by atoms with Gasteiger partial charge in [0.2, 0.25) is 5.91 Å². The minimum absolute atomic E-state index is 0.178. The Balaban J connectivity index is 1.99. The molecule has 1 saturated carbocycles. The molecular formula is C11H20BrNO. The fourth-order valence-electron chi connectivity index (χ4n) is 2.07. The minimum atomic E-state index is 0.178. The second-order valence-corrected chi connectivity index (χ2v) is 4.87. The Morgan fingerprint density at radius 1 is 1.29 bits per heavy atom. The molecule has 1 amide bonds. The molecule has 82 valence electrons. The van der Waals surface area contributed by atoms with Gasteiger partial charge in [0, 0.05) is 18.3 Å². The Hall–Kier alpha value is -0.0500. The van der Waals surface area contributed by atoms with E-state index in [0.717, 1.165) is 17.8 Å². The van der Waals surface area contributed by atoms with E-state index in [1.165, 1.54) is 38.5 Å². The van der Waals surface area contributed by atoms with Crippen LogP contribution < -0.4 is 5.32 Å². The third-order valence-corrected chi connectivity index (χ3v) is 3.32. The molecule has 0 aromatic rings. The Kier molecular flexibility index (Phi) is 6.24. The monoisotopic (exact) mass is 261 g/mol. The van der Waals surface area contributed by atoms with Crippen LogP contribution in [0.25, 0.3) is 0 Å². The molecule has 0 aromatic carbocycles. The average Bonchev–Trinajstić information content (AvgIpc) is 2.20. The van der Waals surface area contributed by atoms with Crippen molar-refractivity contribution in [3.05, 3.63) is 0 Å². The van der Waals surface area contributed by atoms with Gasteiger partial charge in [0.15, 0.2) is 0 Å². The lowest BCUT2D eigenvalue weighted by Gasteiger charge is -2.21. The quantitative estimate of drug-likeness (QED) is 0.758. The SMILES string of the molecule is O=C(CCBr)NCCC1CCCCC1. The first-order valence-corrected chi connectivity index (χ1v) is 6.77. The third kappa shape index (κ3) is 4.99. The summed E-state index contributed by atoms with van der Waals surface area (Å²) in [6.07, 6.45) is 8.70. The van der Waals surface area contributed by atoms with Gasteiger partial charge in [-0.15, -0.1) is 0 Å². The summed E-state index contributed by atoms with van der Waals surface area (Å²) in [5.41, 5.74) is 0. The summed E-state index contributed by atoms with van der Waals surface area (Å²) in [6.45, 7) is 0.872. The zero-order valence-electron chi connectivity index (χ0n) is 8.73. The van der Waals surface area contributed by atoms with Gasteiger partial charge in [0.25, 0.3) is 0 Å². The van der Waals surface area contributed by atoms with E-state index < -0.39 is 0 Å². The fraction of sp³-hybridized carbons (Fsp3) is 0.909. The number of carbonyl (C=O) groups excluding carboxylic acids is 1. The molecule has 0 heterocycles. The molecule has 0 atom stereocenters. The lowest BCUT2D eigenvalue weighted by molar-refractivity contribution is -0.120. The molecule has 0 unspecified atom stereocenters. The normalized spacial score (nSPS) is 18.1. The smallest absolute Gasteiger partial charge is 0.220 e. The van der Waals surface area contributed by atoms with Gasteiger partial charge in [-0.05, 0) is 12.3 Å². The fourth-order valence-corrected chi connectivity index (χ4v) is 2.43. The van der Waals surface area contributed by atoms with Crippen LogP contribution in [0.5, 0.6) is 0 Å². The number of alkyl halides is 1. The topological polar surface area (TPSA) is 29.1 Å². The molecule has 14 heavy (non-hydrogen) atoms. The molecule has 0 spiro atoms. The van der Waals surface area contributed by atoms with E-state index in [-0.39, 0.29) is 5.91 Å². The molecule has 0 aromatic heterocycles. The van der Waals surface area contributed by atoms with Crippen molar-refractivity contribution in [3.63, 3.8) is 0 Å². The van der Waals surface area contributed by atoms with Crippen molar-refractivity contribution in [1.82, 2.24) is 5.32 Å². The number of halogens is 1. The molecular weight excluding hydrogens is 242 g/mol. The summed E-state index contributed by atoms with van der Waals surface area (Å²) in [7, 11) is 0. The van der Waals surface area contributed by atoms with Crippen molar-refractivity contribution < 1.29 is 4.79 Å². The van der Waals surface area contributed by atoms with Gasteiger partial charge in [-0.1, -0.05) is 48.0 Å². The molecule has 0 saturated heterocycles. The number of rotatable bonds is 5. The molecule has 2 nitrogen and oxygen atoms in total. The second kappa shape index (κ2) is 7.27. The molecule has 0 bridgehead atoms. The van der Waals surface area contributed by atoms with E-state index in [2.05, 4.69) is 21.2 Å². The standard InChI is InChI=1S/C11H20BrNO/c12-8-6-11(14)13-9-7-10-4-2-1-3-5-10/h10H,1-9H2,(H,13,14). The molecule has 1 aliphatic rings. The van der Waals surface area contributed by atoms with Crippen LogP contribution in [0.3, 0.4) is 0 Å². The van der Waals surface area contributed by atoms with Gasteiger partial charge in [0.1, 0.15) is 0 Å². The van der Waals surface area contributed by atoms with Gasteiger partial charge in [-0.25, -0.2) is 0 Å². The van der Waals surface area contributed by atoms with Gasteiger partial charge in [-0.2, -0.15) is 0 Å². The lowest BCUT2D eigenvalue weighted by atomic mass is 9.87. The van der Waals surface area contributed by atoms with Crippen LogP contribution in [0.4, 0.5) is 0 Å². The number of carbonyl (C=O) groups is 1. The molecule has 1 N–H and O–H groups in total. The van der Waals surface area contributed by atoms with Crippen molar-refractivity contribution in [3.8, 4) is 0 Å². The van der Waals surface area contributed by atoms with Crippen LogP contribution in [0.2, 0.25) is 0 Å². The molecule has 1 fully saturated rings. The summed E-state index contributed by atoms with van der Waals surface area (Å²) in [5, 5.41) is 3.73. The summed E-state index contributed by atoms with van der Waals surface area (Å²) < 4.78 is 0. The van der Waals surface area contributed by atoms with Crippen LogP contribution in [0.15, 0.2) is 0 Å². The highest BCUT2D eigenvalue weighted by atomic mass is 79.9. The second-order valence-electron chi connectivity index (χ2n) is 4.08. The van der Waals surface area contributed by atoms with Crippen LogP contribution in [0.1, 0.15) is 44.9 Å². The van der Waals surface area contributed by atoms with Crippen molar-refractivity contribution in [2.75, 3.05) is 11.9 Å². The molecule has 0 radical (unpaired) electrons. The Morgan fingerprint density at radius 3 is 2.64 bits per heavy atom. The highest BCUT2D eigenvalue weighted by Crippen LogP contribution is 2.25. The van der Waals surface area contributed by atoms with Crippen LogP contribution in [0, 0.1) is 5.92 Å². The van der Waals surface area contributed by atoms with E-state index in [0.29, 0.717) is 6.42 Å². The molecule has 0 aliphatic heterocycles. The Bertz CT molecular complexity index is 167. The summed E-state index contributed by atoms with van der Waals surface area (Å²) >= 11 is 3.26. The van der Waals surface area contributed by atoms with Crippen molar-refractivity contribution >= 4 is 21.8 Å². The maximum absolute atomic E-state index is 11.1. The Labute approximate surface area is 95.0 Å². The van der Waals surface area contributed by atoms with Gasteiger partial charge >= 0.3 is 0 Å². The highest BCUT2D eigenvalue weighted by molar-refractivity contribution is 9.09. The summed E-state index contributed by atoms with van der Waals surface area (Å²) in [6, 6.07) is 0. The van der Waals surface area contributed by atoms with Crippen LogP contribution >= 0.6 is 15.9 Å². The lowest BCUT2D eigenvalue weighted by Crippen LogP contribution is -2.26. The van der Waals surface area contributed by atoms with E-state index in [4.69, 9.17) is 0 Å². The maximum Gasteiger partial charge on any atom is 0.220 e. The summed E-state index contributed by atoms with van der Waals surface area (Å²) in [4.78, 5) is 11.1. The highest BCUT2D eigenvalue weighted by Gasteiger charge is 2.12. The average molecular weight is 262 g/mol. The molecule has 1 rings (SSSR count). The van der Waals surface area contributed by atoms with Crippen LogP contribution in [-0.2, 0) is 4.79 Å². The van der Waals surface area contributed by atoms with Gasteiger partial charge in [0.05, 0.1) is 0 Å². The number of amides is 1. The third-order valence-electron chi connectivity index (χ3n) is 2.92. The van der Waals surface area contributed by atoms with Gasteiger partial charge < -0.3 is 5.32 Å². The first kappa shape index (κ1) is 12.0. The number of nitrogens with one attached hydrogen (secondary N) is 1. The molecule has 1 aliphatic carbocycles. The largest absolute Gasteiger partial charge is 0.356 e. The zero-order valence-corrected chi connectivity index (χ0v) is 10.3. The summed E-state index contributed by atoms with van der Waals surface area (Å²) in [5.74, 6) is 1.05. The minimum Gasteiger partial charge on any atom is -0.356 e. The van der Waals surface area contributed by atoms with E-state index in [9.17, 15) is 4.79 Å². The first-order valence-electron chi connectivity index (χ1n) is 5.65. The van der Waals surface area contributed by atoms with Crippen molar-refractivity contribution in [2.45, 2.75) is 44.9 Å². The zero-order chi connectivity index (χ0) is 10.2. The van der Waals surface area contributed by atoms with Crippen LogP contribution in [-0.4, -0.2) is 17.8 Å². The maximum atomic E-state index is 11.1. The van der Waals surface area contributed by atoms with Crippen molar-refractivity contribution in [1.29, 1.82) is 0 Å². The Morgan fingerprint density at radius 2 is 2.00 bits per heavy atom. The van der Waals surface area contributed by atoms with Crippen molar-refractivity contribution in [2.24, 2.45) is 5.92 Å². The first-order chi connectivity index (χ1) is 6.83. The van der Waals surface area contributed by atoms with E-state index in [1.807, 2.05) is 0 Å². The van der Waals surface area contributed by atoms with E-state index >= 15 is 0 Å². The van der Waals surface area contributed by atoms with Gasteiger partial charge in [-0.3, -0.25) is 4.79 Å². The van der Waals surface area contributed by atoms with E-state index in [1.54, 1.807) is 0 Å². The number of hydrogen-bond acceptors (Lipinski definition) is 1.